The lowest BCUT2D eigenvalue weighted by Gasteiger charge is -2.15. The summed E-state index contributed by atoms with van der Waals surface area (Å²) in [6.45, 7) is 1.41. The number of halogens is 1. The second-order valence-corrected chi connectivity index (χ2v) is 3.48. The summed E-state index contributed by atoms with van der Waals surface area (Å²) < 4.78 is 0. The van der Waals surface area contributed by atoms with Gasteiger partial charge in [0.2, 0.25) is 0 Å². The molecular weight excluding hydrogens is 194 g/mol. The predicted octanol–water partition coefficient (Wildman–Crippen LogP) is 1.67. The van der Waals surface area contributed by atoms with Crippen molar-refractivity contribution in [2.75, 3.05) is 0 Å². The number of carbonyl (C=O) groups is 1. The maximum Gasteiger partial charge on any atom is 0.317 e. The lowest BCUT2D eigenvalue weighted by Crippen LogP contribution is -2.30. The van der Waals surface area contributed by atoms with Crippen LogP contribution in [0.15, 0.2) is 23.8 Å². The van der Waals surface area contributed by atoms with Gasteiger partial charge in [-0.25, -0.2) is 0 Å². The third-order valence-electron chi connectivity index (χ3n) is 1.84. The van der Waals surface area contributed by atoms with E-state index in [1.54, 1.807) is 0 Å². The summed E-state index contributed by atoms with van der Waals surface area (Å²) >= 11 is 5.64. The molecule has 0 N–H and O–H groups in total. The SMILES string of the molecule is CC(=O)C1=CCC(Cl)([N+](=O)[O-])C=C1. The molecular formula is C8H8ClNO3. The summed E-state index contributed by atoms with van der Waals surface area (Å²) in [5, 5.41) is 10.5. The highest BCUT2D eigenvalue weighted by atomic mass is 35.5. The Morgan fingerprint density at radius 2 is 2.38 bits per heavy atom. The van der Waals surface area contributed by atoms with Gasteiger partial charge in [-0.2, -0.15) is 0 Å². The Bertz CT molecular complexity index is 321. The van der Waals surface area contributed by atoms with E-state index in [-0.39, 0.29) is 12.2 Å². The number of nitro groups is 1. The monoisotopic (exact) mass is 201 g/mol. The quantitative estimate of drug-likeness (QED) is 0.296. The molecule has 0 aromatic rings. The maximum atomic E-state index is 10.8. The van der Waals surface area contributed by atoms with Gasteiger partial charge in [-0.15, -0.1) is 0 Å². The lowest BCUT2D eigenvalue weighted by atomic mass is 10.0. The van der Waals surface area contributed by atoms with Crippen LogP contribution in [0.1, 0.15) is 13.3 Å². The van der Waals surface area contributed by atoms with Crippen LogP contribution in [0.5, 0.6) is 0 Å². The fourth-order valence-corrected chi connectivity index (χ4v) is 1.14. The van der Waals surface area contributed by atoms with Gasteiger partial charge in [0.05, 0.1) is 6.42 Å². The maximum absolute atomic E-state index is 10.8. The van der Waals surface area contributed by atoms with Crippen LogP contribution in [0.3, 0.4) is 0 Å². The van der Waals surface area contributed by atoms with Crippen LogP contribution >= 0.6 is 11.6 Å². The molecule has 1 unspecified atom stereocenters. The summed E-state index contributed by atoms with van der Waals surface area (Å²) in [6, 6.07) is 0. The fourth-order valence-electron chi connectivity index (χ4n) is 1.00. The molecule has 0 radical (unpaired) electrons. The molecule has 0 heterocycles. The van der Waals surface area contributed by atoms with Gasteiger partial charge < -0.3 is 0 Å². The van der Waals surface area contributed by atoms with Crippen molar-refractivity contribution in [3.63, 3.8) is 0 Å². The number of ketones is 1. The molecule has 1 aliphatic carbocycles. The molecule has 1 aliphatic rings. The third-order valence-corrected chi connectivity index (χ3v) is 2.25. The van der Waals surface area contributed by atoms with Crippen LogP contribution in [0.25, 0.3) is 0 Å². The summed E-state index contributed by atoms with van der Waals surface area (Å²) in [7, 11) is 0. The second-order valence-electron chi connectivity index (χ2n) is 2.83. The third kappa shape index (κ3) is 1.95. The molecule has 0 saturated carbocycles. The lowest BCUT2D eigenvalue weighted by molar-refractivity contribution is -0.527. The average molecular weight is 202 g/mol. The second kappa shape index (κ2) is 3.30. The van der Waals surface area contributed by atoms with Gasteiger partial charge in [0.25, 0.3) is 0 Å². The van der Waals surface area contributed by atoms with E-state index < -0.39 is 9.92 Å². The summed E-state index contributed by atoms with van der Waals surface area (Å²) in [6.07, 6.45) is 4.16. The van der Waals surface area contributed by atoms with Crippen LogP contribution in [0.2, 0.25) is 0 Å². The molecule has 1 rings (SSSR count). The number of hydrogen-bond acceptors (Lipinski definition) is 3. The highest BCUT2D eigenvalue weighted by Crippen LogP contribution is 2.28. The Kier molecular flexibility index (Phi) is 2.52. The molecule has 0 saturated heterocycles. The first-order valence-corrected chi connectivity index (χ1v) is 4.07. The van der Waals surface area contributed by atoms with Crippen molar-refractivity contribution < 1.29 is 9.72 Å². The molecule has 0 bridgehead atoms. The predicted molar refractivity (Wildman–Crippen MR) is 48.1 cm³/mol. The number of hydrogen-bond donors (Lipinski definition) is 0. The Morgan fingerprint density at radius 3 is 2.69 bits per heavy atom. The largest absolute Gasteiger partial charge is 0.317 e. The zero-order valence-electron chi connectivity index (χ0n) is 6.99. The van der Waals surface area contributed by atoms with Crippen LogP contribution in [0, 0.1) is 10.1 Å². The molecule has 0 aromatic heterocycles. The molecule has 70 valence electrons. The van der Waals surface area contributed by atoms with Gasteiger partial charge in [0.1, 0.15) is 0 Å². The minimum absolute atomic E-state index is 0.0486. The molecule has 0 spiro atoms. The van der Waals surface area contributed by atoms with Crippen molar-refractivity contribution in [1.29, 1.82) is 0 Å². The van der Waals surface area contributed by atoms with E-state index in [0.29, 0.717) is 5.57 Å². The zero-order valence-corrected chi connectivity index (χ0v) is 7.75. The number of carbonyl (C=O) groups excluding carboxylic acids is 1. The standard InChI is InChI=1S/C8H8ClNO3/c1-6(11)7-2-4-8(9,5-3-7)10(12)13/h2-4H,5H2,1H3. The minimum atomic E-state index is -1.57. The van der Waals surface area contributed by atoms with Crippen molar-refractivity contribution in [3.05, 3.63) is 33.9 Å². The van der Waals surface area contributed by atoms with E-state index in [9.17, 15) is 14.9 Å². The molecule has 1 atom stereocenters. The Balaban J connectivity index is 2.85. The van der Waals surface area contributed by atoms with Crippen molar-refractivity contribution in [3.8, 4) is 0 Å². The van der Waals surface area contributed by atoms with Gasteiger partial charge in [-0.3, -0.25) is 14.9 Å². The first-order valence-electron chi connectivity index (χ1n) is 3.69. The topological polar surface area (TPSA) is 60.2 Å². The van der Waals surface area contributed by atoms with Crippen LogP contribution in [0.4, 0.5) is 0 Å². The smallest absolute Gasteiger partial charge is 0.295 e. The summed E-state index contributed by atoms with van der Waals surface area (Å²) in [5.74, 6) is -0.113. The minimum Gasteiger partial charge on any atom is -0.295 e. The van der Waals surface area contributed by atoms with Gasteiger partial charge >= 0.3 is 5.00 Å². The number of nitrogens with zero attached hydrogens (tertiary/aromatic N) is 1. The summed E-state index contributed by atoms with van der Waals surface area (Å²) in [4.78, 5) is 19.2. The van der Waals surface area contributed by atoms with E-state index in [4.69, 9.17) is 11.6 Å². The normalized spacial score (nSPS) is 26.8. The molecule has 0 amide bonds. The van der Waals surface area contributed by atoms with Gasteiger partial charge in [-0.05, 0) is 24.6 Å². The van der Waals surface area contributed by atoms with E-state index in [1.807, 2.05) is 0 Å². The van der Waals surface area contributed by atoms with Crippen molar-refractivity contribution in [2.45, 2.75) is 18.3 Å². The van der Waals surface area contributed by atoms with Gasteiger partial charge in [-0.1, -0.05) is 6.08 Å². The molecule has 13 heavy (non-hydrogen) atoms. The first kappa shape index (κ1) is 9.92. The highest BCUT2D eigenvalue weighted by Gasteiger charge is 2.38. The van der Waals surface area contributed by atoms with Crippen molar-refractivity contribution in [2.24, 2.45) is 0 Å². The highest BCUT2D eigenvalue weighted by molar-refractivity contribution is 6.24. The van der Waals surface area contributed by atoms with Gasteiger partial charge in [0, 0.05) is 16.6 Å². The molecule has 5 heteroatoms. The van der Waals surface area contributed by atoms with Gasteiger partial charge in [0.15, 0.2) is 5.78 Å². The van der Waals surface area contributed by atoms with Crippen molar-refractivity contribution >= 4 is 17.4 Å². The number of alkyl halides is 1. The average Bonchev–Trinajstić information content (AvgIpc) is 2.04. The zero-order chi connectivity index (χ0) is 10.1. The Labute approximate surface area is 80.0 Å². The van der Waals surface area contributed by atoms with Crippen molar-refractivity contribution in [1.82, 2.24) is 0 Å². The van der Waals surface area contributed by atoms with Crippen LogP contribution in [-0.4, -0.2) is 15.7 Å². The first-order chi connectivity index (χ1) is 5.96. The Morgan fingerprint density at radius 1 is 1.77 bits per heavy atom. The van der Waals surface area contributed by atoms with Crippen LogP contribution in [-0.2, 0) is 4.79 Å². The molecule has 0 fully saturated rings. The fraction of sp³-hybridized carbons (Fsp3) is 0.375. The molecule has 0 aromatic carbocycles. The number of allylic oxidation sites excluding steroid dienone is 2. The Hall–Kier alpha value is -1.16. The molecule has 4 nitrogen and oxygen atoms in total. The number of Topliss-reactive ketones (excluding diaryl/α,β-unsaturated/α-hetero) is 1. The summed E-state index contributed by atoms with van der Waals surface area (Å²) in [5.41, 5.74) is 0.470. The molecule has 0 aliphatic heterocycles. The van der Waals surface area contributed by atoms with E-state index in [2.05, 4.69) is 0 Å². The van der Waals surface area contributed by atoms with E-state index >= 15 is 0 Å². The van der Waals surface area contributed by atoms with Crippen LogP contribution < -0.4 is 0 Å². The van der Waals surface area contributed by atoms with E-state index in [0.717, 1.165) is 0 Å². The number of rotatable bonds is 2. The van der Waals surface area contributed by atoms with E-state index in [1.165, 1.54) is 25.2 Å².